The summed E-state index contributed by atoms with van der Waals surface area (Å²) in [5.41, 5.74) is 1.17. The van der Waals surface area contributed by atoms with Gasteiger partial charge in [-0.2, -0.15) is 0 Å². The van der Waals surface area contributed by atoms with Crippen LogP contribution in [-0.2, 0) is 16.1 Å². The summed E-state index contributed by atoms with van der Waals surface area (Å²) in [6, 6.07) is 7.96. The maximum Gasteiger partial charge on any atom is 0.228 e. The molecule has 0 bridgehead atoms. The first kappa shape index (κ1) is 18.3. The molecule has 0 radical (unpaired) electrons. The zero-order valence-electron chi connectivity index (χ0n) is 15.0. The zero-order chi connectivity index (χ0) is 17.7. The maximum absolute atomic E-state index is 12.4. The van der Waals surface area contributed by atoms with E-state index in [0.717, 1.165) is 18.8 Å². The quantitative estimate of drug-likeness (QED) is 0.827. The van der Waals surface area contributed by atoms with Crippen LogP contribution in [0.2, 0.25) is 0 Å². The molecule has 6 heteroatoms. The van der Waals surface area contributed by atoms with Gasteiger partial charge in [0.15, 0.2) is 0 Å². The average Bonchev–Trinajstić information content (AvgIpc) is 2.77. The van der Waals surface area contributed by atoms with E-state index in [0.29, 0.717) is 19.6 Å². The Kier molecular flexibility index (Phi) is 6.20. The highest BCUT2D eigenvalue weighted by atomic mass is 16.5. The Hall–Kier alpha value is -2.08. The number of benzene rings is 1. The van der Waals surface area contributed by atoms with E-state index in [-0.39, 0.29) is 17.7 Å². The third-order valence-corrected chi connectivity index (χ3v) is 4.41. The fourth-order valence-electron chi connectivity index (χ4n) is 3.02. The molecule has 0 spiro atoms. The van der Waals surface area contributed by atoms with Crippen molar-refractivity contribution in [3.8, 4) is 5.75 Å². The Morgan fingerprint density at radius 3 is 2.38 bits per heavy atom. The fraction of sp³-hybridized carbons (Fsp3) is 0.556. The van der Waals surface area contributed by atoms with Crippen LogP contribution in [0.5, 0.6) is 5.75 Å². The third-order valence-electron chi connectivity index (χ3n) is 4.41. The largest absolute Gasteiger partial charge is 0.497 e. The van der Waals surface area contributed by atoms with Crippen LogP contribution in [0, 0.1) is 5.92 Å². The number of carbonyl (C=O) groups is 2. The average molecular weight is 333 g/mol. The number of amides is 2. The molecule has 1 fully saturated rings. The summed E-state index contributed by atoms with van der Waals surface area (Å²) in [6.07, 6.45) is 0. The van der Waals surface area contributed by atoms with Gasteiger partial charge in [0.1, 0.15) is 5.75 Å². The first-order valence-electron chi connectivity index (χ1n) is 8.22. The summed E-state index contributed by atoms with van der Waals surface area (Å²) in [7, 11) is 5.18. The van der Waals surface area contributed by atoms with Gasteiger partial charge in [0, 0.05) is 53.7 Å². The van der Waals surface area contributed by atoms with Crippen molar-refractivity contribution in [2.45, 2.75) is 13.5 Å². The molecule has 1 atom stereocenters. The van der Waals surface area contributed by atoms with Gasteiger partial charge < -0.3 is 14.5 Å². The Bertz CT molecular complexity index is 571. The van der Waals surface area contributed by atoms with E-state index in [2.05, 4.69) is 4.90 Å². The molecule has 1 aliphatic heterocycles. The molecule has 132 valence electrons. The molecule has 6 nitrogen and oxygen atoms in total. The first-order valence-corrected chi connectivity index (χ1v) is 8.22. The van der Waals surface area contributed by atoms with Gasteiger partial charge in [0.05, 0.1) is 13.0 Å². The second kappa shape index (κ2) is 8.15. The van der Waals surface area contributed by atoms with Crippen molar-refractivity contribution in [1.82, 2.24) is 14.7 Å². The van der Waals surface area contributed by atoms with E-state index in [9.17, 15) is 9.59 Å². The predicted octanol–water partition coefficient (Wildman–Crippen LogP) is 1.06. The highest BCUT2D eigenvalue weighted by molar-refractivity contribution is 5.80. The number of carbonyl (C=O) groups excluding carboxylic acids is 2. The summed E-state index contributed by atoms with van der Waals surface area (Å²) in [5, 5.41) is 0. The minimum atomic E-state index is -0.190. The molecule has 0 saturated carbocycles. The molecular formula is C18H27N3O3. The lowest BCUT2D eigenvalue weighted by molar-refractivity contribution is -0.135. The number of ether oxygens (including phenoxy) is 1. The molecule has 1 aromatic carbocycles. The van der Waals surface area contributed by atoms with Gasteiger partial charge in [0.2, 0.25) is 11.8 Å². The summed E-state index contributed by atoms with van der Waals surface area (Å²) >= 11 is 0. The highest BCUT2D eigenvalue weighted by Gasteiger charge is 2.29. The van der Waals surface area contributed by atoms with Crippen molar-refractivity contribution >= 4 is 11.8 Å². The van der Waals surface area contributed by atoms with E-state index in [4.69, 9.17) is 4.74 Å². The van der Waals surface area contributed by atoms with E-state index in [1.807, 2.05) is 24.3 Å². The third kappa shape index (κ3) is 4.71. The van der Waals surface area contributed by atoms with Crippen molar-refractivity contribution in [2.24, 2.45) is 5.92 Å². The van der Waals surface area contributed by atoms with Crippen LogP contribution in [0.15, 0.2) is 24.3 Å². The summed E-state index contributed by atoms with van der Waals surface area (Å²) < 4.78 is 5.19. The number of nitrogens with zero attached hydrogens (tertiary/aromatic N) is 3. The van der Waals surface area contributed by atoms with E-state index in [1.54, 1.807) is 37.9 Å². The topological polar surface area (TPSA) is 53.1 Å². The SMILES string of the molecule is COc1ccc(CN2CCN(C(C)=O)C[C@H](C(=O)N(C)C)C2)cc1. The molecule has 1 saturated heterocycles. The monoisotopic (exact) mass is 333 g/mol. The molecule has 24 heavy (non-hydrogen) atoms. The van der Waals surface area contributed by atoms with Gasteiger partial charge in [0.25, 0.3) is 0 Å². The fourth-order valence-corrected chi connectivity index (χ4v) is 3.02. The second-order valence-electron chi connectivity index (χ2n) is 6.48. The minimum absolute atomic E-state index is 0.0258. The van der Waals surface area contributed by atoms with Crippen molar-refractivity contribution in [1.29, 1.82) is 0 Å². The highest BCUT2D eigenvalue weighted by Crippen LogP contribution is 2.17. The number of rotatable bonds is 4. The Balaban J connectivity index is 2.10. The number of hydrogen-bond donors (Lipinski definition) is 0. The normalized spacial score (nSPS) is 18.8. The van der Waals surface area contributed by atoms with Gasteiger partial charge >= 0.3 is 0 Å². The van der Waals surface area contributed by atoms with Crippen LogP contribution in [-0.4, -0.2) is 73.9 Å². The van der Waals surface area contributed by atoms with Crippen LogP contribution >= 0.6 is 0 Å². The van der Waals surface area contributed by atoms with Gasteiger partial charge in [-0.1, -0.05) is 12.1 Å². The van der Waals surface area contributed by atoms with E-state index in [1.165, 1.54) is 5.56 Å². The van der Waals surface area contributed by atoms with Crippen LogP contribution in [0.3, 0.4) is 0 Å². The van der Waals surface area contributed by atoms with Gasteiger partial charge in [-0.15, -0.1) is 0 Å². The lowest BCUT2D eigenvalue weighted by Gasteiger charge is -2.25. The van der Waals surface area contributed by atoms with Gasteiger partial charge in [-0.05, 0) is 17.7 Å². The van der Waals surface area contributed by atoms with E-state index < -0.39 is 0 Å². The molecule has 0 unspecified atom stereocenters. The number of methoxy groups -OCH3 is 1. The lowest BCUT2D eigenvalue weighted by Crippen LogP contribution is -2.41. The molecular weight excluding hydrogens is 306 g/mol. The zero-order valence-corrected chi connectivity index (χ0v) is 15.0. The molecule has 2 rings (SSSR count). The van der Waals surface area contributed by atoms with Crippen LogP contribution in [0.1, 0.15) is 12.5 Å². The van der Waals surface area contributed by atoms with Gasteiger partial charge in [-0.25, -0.2) is 0 Å². The standard InChI is InChI=1S/C18H27N3O3/c1-14(22)21-10-9-20(12-16(13-21)18(23)19(2)3)11-15-5-7-17(24-4)8-6-15/h5-8,16H,9-13H2,1-4H3/t16-/m1/s1. The smallest absolute Gasteiger partial charge is 0.228 e. The van der Waals surface area contributed by atoms with Crippen LogP contribution in [0.25, 0.3) is 0 Å². The van der Waals surface area contributed by atoms with E-state index >= 15 is 0 Å². The Labute approximate surface area is 144 Å². The van der Waals surface area contributed by atoms with Crippen molar-refractivity contribution in [3.63, 3.8) is 0 Å². The van der Waals surface area contributed by atoms with Crippen molar-refractivity contribution in [2.75, 3.05) is 47.4 Å². The summed E-state index contributed by atoms with van der Waals surface area (Å²) in [5.74, 6) is 0.739. The minimum Gasteiger partial charge on any atom is -0.497 e. The lowest BCUT2D eigenvalue weighted by atomic mass is 10.1. The summed E-state index contributed by atoms with van der Waals surface area (Å²) in [4.78, 5) is 29.9. The van der Waals surface area contributed by atoms with Crippen molar-refractivity contribution < 1.29 is 14.3 Å². The van der Waals surface area contributed by atoms with Crippen LogP contribution < -0.4 is 4.74 Å². The predicted molar refractivity (Wildman–Crippen MR) is 92.7 cm³/mol. The Morgan fingerprint density at radius 2 is 1.83 bits per heavy atom. The Morgan fingerprint density at radius 1 is 1.17 bits per heavy atom. The molecule has 1 aromatic rings. The first-order chi connectivity index (χ1) is 11.4. The summed E-state index contributed by atoms with van der Waals surface area (Å²) in [6.45, 7) is 4.90. The van der Waals surface area contributed by atoms with Crippen LogP contribution in [0.4, 0.5) is 0 Å². The molecule has 0 N–H and O–H groups in total. The molecule has 0 aromatic heterocycles. The van der Waals surface area contributed by atoms with Gasteiger partial charge in [-0.3, -0.25) is 14.5 Å². The molecule has 1 heterocycles. The molecule has 1 aliphatic rings. The second-order valence-corrected chi connectivity index (χ2v) is 6.48. The van der Waals surface area contributed by atoms with Crippen molar-refractivity contribution in [3.05, 3.63) is 29.8 Å². The maximum atomic E-state index is 12.4. The number of hydrogen-bond acceptors (Lipinski definition) is 4. The molecule has 0 aliphatic carbocycles. The molecule has 2 amide bonds.